The summed E-state index contributed by atoms with van der Waals surface area (Å²) in [7, 11) is 0. The van der Waals surface area contributed by atoms with Gasteiger partial charge in [0, 0.05) is 29.7 Å². The Morgan fingerprint density at radius 3 is 2.81 bits per heavy atom. The number of alkyl halides is 2. The van der Waals surface area contributed by atoms with E-state index in [1.807, 2.05) is 0 Å². The number of hydrogen-bond acceptors (Lipinski definition) is 2. The molecule has 1 fully saturated rings. The van der Waals surface area contributed by atoms with Crippen molar-refractivity contribution in [3.05, 3.63) is 22.6 Å². The quantitative estimate of drug-likeness (QED) is 0.833. The van der Waals surface area contributed by atoms with E-state index < -0.39 is 18.2 Å². The number of hydrogen-bond donors (Lipinski definition) is 0. The molecule has 88 valence electrons. The van der Waals surface area contributed by atoms with Gasteiger partial charge in [0.15, 0.2) is 11.6 Å². The number of rotatable bonds is 2. The van der Waals surface area contributed by atoms with Crippen molar-refractivity contribution in [2.75, 3.05) is 18.0 Å². The zero-order valence-corrected chi connectivity index (χ0v) is 9.92. The Bertz CT molecular complexity index is 386. The van der Waals surface area contributed by atoms with Crippen molar-refractivity contribution in [1.82, 2.24) is 4.98 Å². The first-order valence-electron chi connectivity index (χ1n) is 4.92. The molecule has 0 saturated carbocycles. The number of halogens is 4. The first kappa shape index (κ1) is 11.7. The van der Waals surface area contributed by atoms with Crippen LogP contribution in [0.3, 0.4) is 0 Å². The minimum Gasteiger partial charge on any atom is -0.354 e. The van der Waals surface area contributed by atoms with Crippen LogP contribution in [0.5, 0.6) is 0 Å². The third-order valence-electron chi connectivity index (χ3n) is 2.67. The summed E-state index contributed by atoms with van der Waals surface area (Å²) in [4.78, 5) is 5.48. The fourth-order valence-electron chi connectivity index (χ4n) is 1.83. The van der Waals surface area contributed by atoms with Crippen molar-refractivity contribution in [2.24, 2.45) is 5.92 Å². The van der Waals surface area contributed by atoms with Crippen LogP contribution in [0, 0.1) is 11.7 Å². The maximum atomic E-state index is 13.5. The molecule has 2 nitrogen and oxygen atoms in total. The summed E-state index contributed by atoms with van der Waals surface area (Å²) in [5, 5.41) is 0. The van der Waals surface area contributed by atoms with Gasteiger partial charge < -0.3 is 4.90 Å². The highest BCUT2D eigenvalue weighted by molar-refractivity contribution is 9.10. The van der Waals surface area contributed by atoms with Gasteiger partial charge in [-0.25, -0.2) is 18.2 Å². The van der Waals surface area contributed by atoms with Crippen molar-refractivity contribution in [3.8, 4) is 0 Å². The lowest BCUT2D eigenvalue weighted by Crippen LogP contribution is -2.23. The fourth-order valence-corrected chi connectivity index (χ4v) is 2.13. The molecule has 1 saturated heterocycles. The van der Waals surface area contributed by atoms with Gasteiger partial charge in [-0.15, -0.1) is 0 Å². The average molecular weight is 295 g/mol. The molecule has 0 spiro atoms. The lowest BCUT2D eigenvalue weighted by Gasteiger charge is -2.17. The van der Waals surface area contributed by atoms with Crippen LogP contribution in [-0.2, 0) is 0 Å². The summed E-state index contributed by atoms with van der Waals surface area (Å²) in [5.41, 5.74) is 0. The van der Waals surface area contributed by atoms with Crippen LogP contribution in [0.15, 0.2) is 16.7 Å². The van der Waals surface area contributed by atoms with Gasteiger partial charge in [0.25, 0.3) is 0 Å². The van der Waals surface area contributed by atoms with E-state index in [-0.39, 0.29) is 12.4 Å². The van der Waals surface area contributed by atoms with Crippen LogP contribution in [-0.4, -0.2) is 24.5 Å². The zero-order valence-electron chi connectivity index (χ0n) is 8.34. The van der Waals surface area contributed by atoms with E-state index in [4.69, 9.17) is 0 Å². The molecule has 1 aliphatic rings. The third-order valence-corrected chi connectivity index (χ3v) is 3.10. The van der Waals surface area contributed by atoms with E-state index in [2.05, 4.69) is 20.9 Å². The summed E-state index contributed by atoms with van der Waals surface area (Å²) < 4.78 is 38.9. The molecular formula is C10H10BrF3N2. The average Bonchev–Trinajstić information content (AvgIpc) is 2.66. The molecule has 2 heterocycles. The second-order valence-corrected chi connectivity index (χ2v) is 4.70. The zero-order chi connectivity index (χ0) is 11.7. The Labute approximate surface area is 99.6 Å². The summed E-state index contributed by atoms with van der Waals surface area (Å²) in [6.07, 6.45) is -0.494. The van der Waals surface area contributed by atoms with Gasteiger partial charge in [0.05, 0.1) is 0 Å². The predicted octanol–water partition coefficient (Wildman–Crippen LogP) is 3.07. The van der Waals surface area contributed by atoms with E-state index in [0.29, 0.717) is 17.4 Å². The normalized spacial score (nSPS) is 20.8. The van der Waals surface area contributed by atoms with E-state index >= 15 is 0 Å². The summed E-state index contributed by atoms with van der Waals surface area (Å²) >= 11 is 3.10. The highest BCUT2D eigenvalue weighted by atomic mass is 79.9. The van der Waals surface area contributed by atoms with Crippen molar-refractivity contribution in [1.29, 1.82) is 0 Å². The molecule has 1 aromatic rings. The van der Waals surface area contributed by atoms with Gasteiger partial charge >= 0.3 is 0 Å². The highest BCUT2D eigenvalue weighted by Crippen LogP contribution is 2.28. The van der Waals surface area contributed by atoms with Crippen molar-refractivity contribution in [3.63, 3.8) is 0 Å². The van der Waals surface area contributed by atoms with E-state index in [1.54, 1.807) is 4.90 Å². The molecule has 1 aliphatic heterocycles. The molecule has 0 amide bonds. The highest BCUT2D eigenvalue weighted by Gasteiger charge is 2.31. The summed E-state index contributed by atoms with van der Waals surface area (Å²) in [6.45, 7) is 0.601. The summed E-state index contributed by atoms with van der Waals surface area (Å²) in [6, 6.07) is 1.29. The van der Waals surface area contributed by atoms with Crippen LogP contribution in [0.4, 0.5) is 19.0 Å². The molecular weight excluding hydrogens is 285 g/mol. The molecule has 1 unspecified atom stereocenters. The molecule has 1 aromatic heterocycles. The van der Waals surface area contributed by atoms with Crippen LogP contribution in [0.1, 0.15) is 6.42 Å². The van der Waals surface area contributed by atoms with Crippen LogP contribution in [0.25, 0.3) is 0 Å². The number of aromatic nitrogens is 1. The number of pyridine rings is 1. The Balaban J connectivity index is 2.14. The third kappa shape index (κ3) is 2.31. The molecule has 0 N–H and O–H groups in total. The van der Waals surface area contributed by atoms with E-state index in [1.165, 1.54) is 12.3 Å². The SMILES string of the molecule is Fc1cc(Br)cnc1N1CCC(C(F)F)C1. The standard InChI is InChI=1S/C10H10BrF3N2/c11-7-3-8(12)10(15-4-7)16-2-1-6(5-16)9(13)14/h3-4,6,9H,1-2,5H2. The molecule has 2 rings (SSSR count). The molecule has 0 radical (unpaired) electrons. The molecule has 1 atom stereocenters. The van der Waals surface area contributed by atoms with E-state index in [0.717, 1.165) is 0 Å². The van der Waals surface area contributed by atoms with Crippen LogP contribution in [0.2, 0.25) is 0 Å². The van der Waals surface area contributed by atoms with Crippen molar-refractivity contribution >= 4 is 21.7 Å². The van der Waals surface area contributed by atoms with Gasteiger partial charge in [0.1, 0.15) is 0 Å². The minimum absolute atomic E-state index is 0.159. The van der Waals surface area contributed by atoms with Gasteiger partial charge in [-0.1, -0.05) is 0 Å². The van der Waals surface area contributed by atoms with Gasteiger partial charge in [0.2, 0.25) is 6.43 Å². The maximum Gasteiger partial charge on any atom is 0.243 e. The van der Waals surface area contributed by atoms with Crippen molar-refractivity contribution < 1.29 is 13.2 Å². The second kappa shape index (κ2) is 4.61. The first-order chi connectivity index (χ1) is 7.58. The minimum atomic E-state index is -2.34. The first-order valence-corrected chi connectivity index (χ1v) is 5.71. The number of nitrogens with zero attached hydrogens (tertiary/aromatic N) is 2. The predicted molar refractivity (Wildman–Crippen MR) is 58.2 cm³/mol. The van der Waals surface area contributed by atoms with Crippen LogP contribution < -0.4 is 4.90 Å². The van der Waals surface area contributed by atoms with Crippen molar-refractivity contribution in [2.45, 2.75) is 12.8 Å². The lowest BCUT2D eigenvalue weighted by atomic mass is 10.1. The second-order valence-electron chi connectivity index (χ2n) is 3.79. The van der Waals surface area contributed by atoms with Gasteiger partial charge in [-0.05, 0) is 28.4 Å². The Morgan fingerprint density at radius 2 is 2.25 bits per heavy atom. The molecule has 6 heteroatoms. The number of anilines is 1. The molecule has 0 aromatic carbocycles. The Morgan fingerprint density at radius 1 is 1.50 bits per heavy atom. The Hall–Kier alpha value is -0.780. The molecule has 16 heavy (non-hydrogen) atoms. The van der Waals surface area contributed by atoms with Gasteiger partial charge in [-0.3, -0.25) is 0 Å². The Kier molecular flexibility index (Phi) is 3.37. The molecule has 0 bridgehead atoms. The largest absolute Gasteiger partial charge is 0.354 e. The molecule has 0 aliphatic carbocycles. The topological polar surface area (TPSA) is 16.1 Å². The van der Waals surface area contributed by atoms with E-state index in [9.17, 15) is 13.2 Å². The van der Waals surface area contributed by atoms with Crippen LogP contribution >= 0.6 is 15.9 Å². The summed E-state index contributed by atoms with van der Waals surface area (Å²) in [5.74, 6) is -1.000. The fraction of sp³-hybridized carbons (Fsp3) is 0.500. The van der Waals surface area contributed by atoms with Gasteiger partial charge in [-0.2, -0.15) is 0 Å². The monoisotopic (exact) mass is 294 g/mol. The lowest BCUT2D eigenvalue weighted by molar-refractivity contribution is 0.0879. The smallest absolute Gasteiger partial charge is 0.243 e. The maximum absolute atomic E-state index is 13.5.